The minimum absolute atomic E-state index is 0.0338. The average Bonchev–Trinajstić information content (AvgIpc) is 2.46. The van der Waals surface area contributed by atoms with Gasteiger partial charge in [-0.15, -0.1) is 0 Å². The number of nitrogens with one attached hydrogen (secondary N) is 1. The zero-order valence-corrected chi connectivity index (χ0v) is 12.3. The van der Waals surface area contributed by atoms with Crippen LogP contribution in [-0.4, -0.2) is 11.6 Å². The molecule has 3 heteroatoms. The van der Waals surface area contributed by atoms with Gasteiger partial charge in [0.15, 0.2) is 0 Å². The summed E-state index contributed by atoms with van der Waals surface area (Å²) in [5.74, 6) is 0.536. The van der Waals surface area contributed by atoms with Crippen molar-refractivity contribution < 1.29 is 0 Å². The van der Waals surface area contributed by atoms with Gasteiger partial charge < -0.3 is 9.88 Å². The second kappa shape index (κ2) is 6.53. The van der Waals surface area contributed by atoms with Crippen LogP contribution in [0.25, 0.3) is 0 Å². The largest absolute Gasteiger partial charge is 0.314 e. The molecule has 0 fully saturated rings. The van der Waals surface area contributed by atoms with E-state index in [2.05, 4.69) is 43.4 Å². The van der Waals surface area contributed by atoms with E-state index in [9.17, 15) is 4.79 Å². The van der Waals surface area contributed by atoms with Gasteiger partial charge in [0, 0.05) is 18.8 Å². The molecule has 0 spiro atoms. The monoisotopic (exact) mass is 270 g/mol. The lowest BCUT2D eigenvalue weighted by Gasteiger charge is -2.18. The maximum atomic E-state index is 11.8. The summed E-state index contributed by atoms with van der Waals surface area (Å²) < 4.78 is 1.73. The van der Waals surface area contributed by atoms with Crippen molar-refractivity contribution in [2.75, 3.05) is 7.05 Å². The van der Waals surface area contributed by atoms with Crippen LogP contribution >= 0.6 is 0 Å². The van der Waals surface area contributed by atoms with Gasteiger partial charge in [0.25, 0.3) is 5.56 Å². The highest BCUT2D eigenvalue weighted by Gasteiger charge is 2.11. The molecule has 1 aromatic heterocycles. The van der Waals surface area contributed by atoms with E-state index in [1.807, 2.05) is 19.3 Å². The molecular weight excluding hydrogens is 248 g/mol. The van der Waals surface area contributed by atoms with Crippen molar-refractivity contribution in [3.05, 3.63) is 70.1 Å². The Hall–Kier alpha value is -1.87. The molecular formula is C17H22N2O. The van der Waals surface area contributed by atoms with Gasteiger partial charge in [-0.05, 0) is 30.2 Å². The molecule has 0 aliphatic rings. The fourth-order valence-corrected chi connectivity index (χ4v) is 2.28. The molecule has 0 saturated carbocycles. The first kappa shape index (κ1) is 14.5. The molecule has 1 heterocycles. The zero-order valence-electron chi connectivity index (χ0n) is 12.3. The van der Waals surface area contributed by atoms with Gasteiger partial charge in [-0.25, -0.2) is 0 Å². The quantitative estimate of drug-likeness (QED) is 0.906. The molecule has 1 atom stereocenters. The predicted molar refractivity (Wildman–Crippen MR) is 83.0 cm³/mol. The van der Waals surface area contributed by atoms with Crippen LogP contribution < -0.4 is 10.9 Å². The number of aromatic nitrogens is 1. The lowest BCUT2D eigenvalue weighted by Crippen LogP contribution is -2.27. The molecule has 106 valence electrons. The van der Waals surface area contributed by atoms with Crippen molar-refractivity contribution in [3.63, 3.8) is 0 Å². The van der Waals surface area contributed by atoms with Crippen LogP contribution in [0.4, 0.5) is 0 Å². The number of hydrogen-bond acceptors (Lipinski definition) is 2. The third kappa shape index (κ3) is 3.36. The van der Waals surface area contributed by atoms with Gasteiger partial charge in [0.05, 0.1) is 6.04 Å². The number of rotatable bonds is 5. The lowest BCUT2D eigenvalue weighted by atomic mass is 9.99. The molecule has 1 N–H and O–H groups in total. The second-order valence-electron chi connectivity index (χ2n) is 5.35. The molecule has 0 radical (unpaired) electrons. The molecule has 1 unspecified atom stereocenters. The Morgan fingerprint density at radius 3 is 2.25 bits per heavy atom. The summed E-state index contributed by atoms with van der Waals surface area (Å²) in [4.78, 5) is 11.8. The zero-order chi connectivity index (χ0) is 14.5. The molecule has 0 amide bonds. The number of pyridine rings is 1. The number of benzene rings is 1. The summed E-state index contributed by atoms with van der Waals surface area (Å²) in [7, 11) is 1.93. The Labute approximate surface area is 120 Å². The number of nitrogens with zero attached hydrogens (tertiary/aromatic N) is 1. The van der Waals surface area contributed by atoms with Gasteiger partial charge in [0.2, 0.25) is 0 Å². The first-order valence-corrected chi connectivity index (χ1v) is 7.04. The van der Waals surface area contributed by atoms with Crippen LogP contribution in [0.5, 0.6) is 0 Å². The summed E-state index contributed by atoms with van der Waals surface area (Å²) >= 11 is 0. The van der Waals surface area contributed by atoms with Crippen molar-refractivity contribution in [3.8, 4) is 0 Å². The minimum Gasteiger partial charge on any atom is -0.314 e. The average molecular weight is 270 g/mol. The first-order valence-electron chi connectivity index (χ1n) is 7.04. The van der Waals surface area contributed by atoms with Gasteiger partial charge in [0.1, 0.15) is 0 Å². The number of likely N-dealkylation sites (N-methyl/N-ethyl adjacent to an activating group) is 1. The SMILES string of the molecule is CNC(Cn1ccccc1=O)c1ccc(C(C)C)cc1. The topological polar surface area (TPSA) is 34.0 Å². The maximum absolute atomic E-state index is 11.8. The highest BCUT2D eigenvalue weighted by atomic mass is 16.1. The van der Waals surface area contributed by atoms with Gasteiger partial charge in [-0.3, -0.25) is 4.79 Å². The summed E-state index contributed by atoms with van der Waals surface area (Å²) in [6, 6.07) is 14.0. The molecule has 0 aliphatic carbocycles. The summed E-state index contributed by atoms with van der Waals surface area (Å²) in [5, 5.41) is 3.28. The summed E-state index contributed by atoms with van der Waals surface area (Å²) in [5.41, 5.74) is 2.57. The molecule has 20 heavy (non-hydrogen) atoms. The smallest absolute Gasteiger partial charge is 0.250 e. The highest BCUT2D eigenvalue weighted by Crippen LogP contribution is 2.19. The van der Waals surface area contributed by atoms with Gasteiger partial charge in [-0.1, -0.05) is 44.2 Å². The number of hydrogen-bond donors (Lipinski definition) is 1. The molecule has 0 saturated heterocycles. The summed E-state index contributed by atoms with van der Waals surface area (Å²) in [6.07, 6.45) is 1.83. The Balaban J connectivity index is 2.20. The standard InChI is InChI=1S/C17H22N2O/c1-13(2)14-7-9-15(10-8-14)16(18-3)12-19-11-5-4-6-17(19)20/h4-11,13,16,18H,12H2,1-3H3. The molecule has 3 nitrogen and oxygen atoms in total. The third-order valence-electron chi connectivity index (χ3n) is 3.63. The second-order valence-corrected chi connectivity index (χ2v) is 5.35. The Morgan fingerprint density at radius 1 is 1.05 bits per heavy atom. The van der Waals surface area contributed by atoms with Crippen LogP contribution in [0.2, 0.25) is 0 Å². The third-order valence-corrected chi connectivity index (χ3v) is 3.63. The van der Waals surface area contributed by atoms with E-state index in [0.717, 1.165) is 0 Å². The van der Waals surface area contributed by atoms with E-state index in [-0.39, 0.29) is 11.6 Å². The maximum Gasteiger partial charge on any atom is 0.250 e. The van der Waals surface area contributed by atoms with Crippen LogP contribution in [0.15, 0.2) is 53.5 Å². The normalized spacial score (nSPS) is 12.6. The Kier molecular flexibility index (Phi) is 4.74. The van der Waals surface area contributed by atoms with Gasteiger partial charge >= 0.3 is 0 Å². The van der Waals surface area contributed by atoms with Crippen LogP contribution in [0.3, 0.4) is 0 Å². The fraction of sp³-hybridized carbons (Fsp3) is 0.353. The van der Waals surface area contributed by atoms with Crippen molar-refractivity contribution in [1.29, 1.82) is 0 Å². The molecule has 2 aromatic rings. The highest BCUT2D eigenvalue weighted by molar-refractivity contribution is 5.26. The van der Waals surface area contributed by atoms with E-state index in [4.69, 9.17) is 0 Å². The molecule has 0 bridgehead atoms. The van der Waals surface area contributed by atoms with Crippen LogP contribution in [0, 0.1) is 0 Å². The van der Waals surface area contributed by atoms with E-state index in [0.29, 0.717) is 12.5 Å². The van der Waals surface area contributed by atoms with E-state index in [1.165, 1.54) is 11.1 Å². The van der Waals surface area contributed by atoms with E-state index in [1.54, 1.807) is 16.7 Å². The minimum atomic E-state index is 0.0338. The first-order chi connectivity index (χ1) is 9.61. The Morgan fingerprint density at radius 2 is 1.70 bits per heavy atom. The fourth-order valence-electron chi connectivity index (χ4n) is 2.28. The molecule has 0 aliphatic heterocycles. The van der Waals surface area contributed by atoms with Gasteiger partial charge in [-0.2, -0.15) is 0 Å². The Bertz CT molecular complexity index is 599. The van der Waals surface area contributed by atoms with Crippen LogP contribution in [0.1, 0.15) is 36.9 Å². The lowest BCUT2D eigenvalue weighted by molar-refractivity contribution is 0.491. The van der Waals surface area contributed by atoms with Crippen molar-refractivity contribution in [2.45, 2.75) is 32.4 Å². The molecule has 2 rings (SSSR count). The summed E-state index contributed by atoms with van der Waals surface area (Å²) in [6.45, 7) is 5.01. The predicted octanol–water partition coefficient (Wildman–Crippen LogP) is 2.93. The van der Waals surface area contributed by atoms with Crippen LogP contribution in [-0.2, 0) is 6.54 Å². The van der Waals surface area contributed by atoms with Crippen molar-refractivity contribution in [1.82, 2.24) is 9.88 Å². The van der Waals surface area contributed by atoms with E-state index >= 15 is 0 Å². The molecule has 1 aromatic carbocycles. The van der Waals surface area contributed by atoms with Crippen molar-refractivity contribution >= 4 is 0 Å². The van der Waals surface area contributed by atoms with E-state index < -0.39 is 0 Å². The van der Waals surface area contributed by atoms with Crippen molar-refractivity contribution in [2.24, 2.45) is 0 Å².